The maximum absolute atomic E-state index is 5.63. The fraction of sp³-hybridized carbons (Fsp3) is 1.00. The molecule has 0 bridgehead atoms. The van der Waals surface area contributed by atoms with Gasteiger partial charge in [-0.3, -0.25) is 0 Å². The van der Waals surface area contributed by atoms with Crippen LogP contribution in [0, 0.1) is 0 Å². The minimum Gasteiger partial charge on any atom is -0.321 e. The minimum absolute atomic E-state index is 0.290. The molecule has 0 aliphatic carbocycles. The van der Waals surface area contributed by atoms with E-state index in [1.807, 2.05) is 20.8 Å². The fourth-order valence-corrected chi connectivity index (χ4v) is 1.77. The Morgan fingerprint density at radius 3 is 1.10 bits per heavy atom. The Labute approximate surface area is 121 Å². The summed E-state index contributed by atoms with van der Waals surface area (Å²) in [4.78, 5) is 9.98. The van der Waals surface area contributed by atoms with Crippen LogP contribution in [0.4, 0.5) is 0 Å². The van der Waals surface area contributed by atoms with Crippen molar-refractivity contribution in [3.05, 3.63) is 0 Å². The lowest BCUT2D eigenvalue weighted by molar-refractivity contribution is -0.612. The van der Waals surface area contributed by atoms with E-state index in [9.17, 15) is 0 Å². The summed E-state index contributed by atoms with van der Waals surface area (Å²) >= 11 is 0. The van der Waals surface area contributed by atoms with Gasteiger partial charge in [-0.1, -0.05) is 0 Å². The second kappa shape index (κ2) is 10.4. The fourth-order valence-electron chi connectivity index (χ4n) is 1.77. The Balaban J connectivity index is 5.62. The molecule has 0 amide bonds. The molecular weight excluding hydrogens is 268 g/mol. The van der Waals surface area contributed by atoms with E-state index < -0.39 is 11.9 Å². The largest absolute Gasteiger partial charge is 0.396 e. The van der Waals surface area contributed by atoms with Gasteiger partial charge in [-0.05, 0) is 34.6 Å². The van der Waals surface area contributed by atoms with Crippen molar-refractivity contribution in [2.45, 2.75) is 46.6 Å². The SMILES string of the molecule is CCOC(OCC)(OCC)C(OCC)(OCC)OOC. The van der Waals surface area contributed by atoms with Gasteiger partial charge in [0.25, 0.3) is 0 Å². The van der Waals surface area contributed by atoms with E-state index in [2.05, 4.69) is 0 Å². The molecule has 0 atom stereocenters. The molecule has 0 aromatic heterocycles. The van der Waals surface area contributed by atoms with Crippen LogP contribution in [0.3, 0.4) is 0 Å². The zero-order valence-corrected chi connectivity index (χ0v) is 13.4. The highest BCUT2D eigenvalue weighted by atomic mass is 17.3. The van der Waals surface area contributed by atoms with Crippen molar-refractivity contribution in [3.8, 4) is 0 Å². The lowest BCUT2D eigenvalue weighted by Crippen LogP contribution is -2.64. The molecule has 0 aromatic rings. The molecule has 0 aliphatic heterocycles. The van der Waals surface area contributed by atoms with Crippen molar-refractivity contribution >= 4 is 0 Å². The predicted molar refractivity (Wildman–Crippen MR) is 71.7 cm³/mol. The molecule has 0 saturated heterocycles. The normalized spacial score (nSPS) is 12.9. The highest BCUT2D eigenvalue weighted by Gasteiger charge is 2.62. The smallest absolute Gasteiger partial charge is 0.321 e. The summed E-state index contributed by atoms with van der Waals surface area (Å²) in [5.74, 6) is -3.44. The van der Waals surface area contributed by atoms with Crippen molar-refractivity contribution in [3.63, 3.8) is 0 Å². The first-order chi connectivity index (χ1) is 9.61. The first-order valence-electron chi connectivity index (χ1n) is 7.03. The summed E-state index contributed by atoms with van der Waals surface area (Å²) in [6, 6.07) is 0. The summed E-state index contributed by atoms with van der Waals surface area (Å²) in [7, 11) is 1.35. The van der Waals surface area contributed by atoms with Crippen LogP contribution in [0.15, 0.2) is 0 Å². The van der Waals surface area contributed by atoms with Crippen LogP contribution >= 0.6 is 0 Å². The van der Waals surface area contributed by atoms with Gasteiger partial charge in [0.15, 0.2) is 0 Å². The van der Waals surface area contributed by atoms with Crippen LogP contribution in [-0.4, -0.2) is 52.1 Å². The molecule has 20 heavy (non-hydrogen) atoms. The van der Waals surface area contributed by atoms with Crippen LogP contribution in [0.25, 0.3) is 0 Å². The van der Waals surface area contributed by atoms with Crippen LogP contribution in [0.5, 0.6) is 0 Å². The van der Waals surface area contributed by atoms with Gasteiger partial charge in [-0.2, -0.15) is 4.89 Å². The standard InChI is InChI=1S/C13H28O7/c1-7-15-12(16-8-2,17-9-3)13(18-10-4,19-11-5)20-14-6/h7-11H2,1-6H3. The number of rotatable bonds is 13. The van der Waals surface area contributed by atoms with Gasteiger partial charge >= 0.3 is 11.9 Å². The molecule has 7 heteroatoms. The molecule has 0 saturated carbocycles. The average Bonchev–Trinajstić information content (AvgIpc) is 2.40. The Morgan fingerprint density at radius 1 is 0.550 bits per heavy atom. The first kappa shape index (κ1) is 19.7. The second-order valence-corrected chi connectivity index (χ2v) is 3.53. The molecule has 0 radical (unpaired) electrons. The van der Waals surface area contributed by atoms with Gasteiger partial charge < -0.3 is 23.7 Å². The lowest BCUT2D eigenvalue weighted by Gasteiger charge is -2.44. The monoisotopic (exact) mass is 296 g/mol. The first-order valence-corrected chi connectivity index (χ1v) is 7.03. The molecule has 7 nitrogen and oxygen atoms in total. The zero-order valence-electron chi connectivity index (χ0n) is 13.4. The van der Waals surface area contributed by atoms with E-state index in [4.69, 9.17) is 33.5 Å². The second-order valence-electron chi connectivity index (χ2n) is 3.53. The van der Waals surface area contributed by atoms with Gasteiger partial charge in [0.2, 0.25) is 0 Å². The predicted octanol–water partition coefficient (Wildman–Crippen LogP) is 2.05. The van der Waals surface area contributed by atoms with Crippen LogP contribution < -0.4 is 0 Å². The van der Waals surface area contributed by atoms with Crippen molar-refractivity contribution in [1.82, 2.24) is 0 Å². The van der Waals surface area contributed by atoms with Crippen molar-refractivity contribution in [1.29, 1.82) is 0 Å². The van der Waals surface area contributed by atoms with E-state index in [0.717, 1.165) is 0 Å². The molecule has 0 aromatic carbocycles. The lowest BCUT2D eigenvalue weighted by atomic mass is 10.4. The highest BCUT2D eigenvalue weighted by molar-refractivity contribution is 4.73. The zero-order chi connectivity index (χ0) is 15.5. The summed E-state index contributed by atoms with van der Waals surface area (Å²) in [5.41, 5.74) is 0. The third-order valence-corrected chi connectivity index (χ3v) is 2.24. The molecule has 0 spiro atoms. The molecule has 0 N–H and O–H groups in total. The molecule has 0 fully saturated rings. The van der Waals surface area contributed by atoms with E-state index >= 15 is 0 Å². The summed E-state index contributed by atoms with van der Waals surface area (Å²) in [6.45, 7) is 10.5. The average molecular weight is 296 g/mol. The Morgan fingerprint density at radius 2 is 0.850 bits per heavy atom. The molecule has 0 rings (SSSR count). The minimum atomic E-state index is -1.77. The van der Waals surface area contributed by atoms with Crippen molar-refractivity contribution in [2.24, 2.45) is 0 Å². The molecule has 0 unspecified atom stereocenters. The number of hydrogen-bond acceptors (Lipinski definition) is 7. The van der Waals surface area contributed by atoms with Gasteiger partial charge in [-0.15, -0.1) is 0 Å². The Kier molecular flexibility index (Phi) is 10.3. The van der Waals surface area contributed by atoms with Gasteiger partial charge in [0, 0.05) is 19.8 Å². The molecule has 0 aliphatic rings. The van der Waals surface area contributed by atoms with Crippen LogP contribution in [0.2, 0.25) is 0 Å². The van der Waals surface area contributed by atoms with Gasteiger partial charge in [0.05, 0.1) is 20.3 Å². The third-order valence-electron chi connectivity index (χ3n) is 2.24. The van der Waals surface area contributed by atoms with Gasteiger partial charge in [-0.25, -0.2) is 4.89 Å². The maximum atomic E-state index is 5.63. The van der Waals surface area contributed by atoms with Crippen molar-refractivity contribution in [2.75, 3.05) is 40.1 Å². The Hall–Kier alpha value is -0.280. The topological polar surface area (TPSA) is 64.6 Å². The van der Waals surface area contributed by atoms with Gasteiger partial charge in [0.1, 0.15) is 0 Å². The van der Waals surface area contributed by atoms with E-state index in [0.29, 0.717) is 33.0 Å². The van der Waals surface area contributed by atoms with Crippen LogP contribution in [0.1, 0.15) is 34.6 Å². The molecular formula is C13H28O7. The third kappa shape index (κ3) is 4.63. The van der Waals surface area contributed by atoms with E-state index in [1.54, 1.807) is 13.8 Å². The quantitative estimate of drug-likeness (QED) is 0.293. The number of hydrogen-bond donors (Lipinski definition) is 0. The van der Waals surface area contributed by atoms with E-state index in [-0.39, 0.29) is 0 Å². The molecule has 0 heterocycles. The summed E-state index contributed by atoms with van der Waals surface area (Å²) in [5, 5.41) is 0. The van der Waals surface area contributed by atoms with Crippen LogP contribution in [-0.2, 0) is 33.5 Å². The van der Waals surface area contributed by atoms with E-state index in [1.165, 1.54) is 7.11 Å². The summed E-state index contributed by atoms with van der Waals surface area (Å²) in [6.07, 6.45) is 0. The summed E-state index contributed by atoms with van der Waals surface area (Å²) < 4.78 is 28.1. The Bertz CT molecular complexity index is 177. The maximum Gasteiger partial charge on any atom is 0.396 e. The van der Waals surface area contributed by atoms with Crippen molar-refractivity contribution < 1.29 is 33.5 Å². The highest BCUT2D eigenvalue weighted by Crippen LogP contribution is 2.36. The number of ether oxygens (including phenoxy) is 5. The molecule has 122 valence electrons.